The third kappa shape index (κ3) is 5.60. The molecule has 1 N–H and O–H groups in total. The van der Waals surface area contributed by atoms with Crippen LogP contribution in [0.5, 0.6) is 5.75 Å². The lowest BCUT2D eigenvalue weighted by molar-refractivity contribution is -0.139. The van der Waals surface area contributed by atoms with Crippen molar-refractivity contribution in [1.82, 2.24) is 9.88 Å². The van der Waals surface area contributed by atoms with Crippen LogP contribution in [0.2, 0.25) is 0 Å². The molecule has 0 aliphatic carbocycles. The summed E-state index contributed by atoms with van der Waals surface area (Å²) >= 11 is 0. The molecule has 0 spiro atoms. The largest absolute Gasteiger partial charge is 0.491 e. The zero-order chi connectivity index (χ0) is 20.2. The van der Waals surface area contributed by atoms with Gasteiger partial charge in [-0.05, 0) is 50.6 Å². The van der Waals surface area contributed by atoms with E-state index >= 15 is 0 Å². The molecule has 0 bridgehead atoms. The Morgan fingerprint density at radius 1 is 1.15 bits per heavy atom. The Hall–Kier alpha value is -2.77. The van der Waals surface area contributed by atoms with Crippen LogP contribution in [0, 0.1) is 0 Å². The van der Waals surface area contributed by atoms with Crippen molar-refractivity contribution in [2.45, 2.75) is 45.6 Å². The van der Waals surface area contributed by atoms with Crippen molar-refractivity contribution in [3.63, 3.8) is 0 Å². The van der Waals surface area contributed by atoms with Gasteiger partial charge in [0.25, 0.3) is 5.56 Å². The summed E-state index contributed by atoms with van der Waals surface area (Å²) < 4.78 is 44.6. The van der Waals surface area contributed by atoms with Crippen molar-refractivity contribution in [1.29, 1.82) is 0 Å². The van der Waals surface area contributed by atoms with Crippen LogP contribution in [0.25, 0.3) is 0 Å². The summed E-state index contributed by atoms with van der Waals surface area (Å²) in [5, 5.41) is 2.67. The van der Waals surface area contributed by atoms with Gasteiger partial charge in [-0.2, -0.15) is 13.2 Å². The van der Waals surface area contributed by atoms with Crippen LogP contribution in [0.4, 0.5) is 13.2 Å². The second kappa shape index (κ2) is 8.28. The van der Waals surface area contributed by atoms with E-state index in [9.17, 15) is 22.8 Å². The molecule has 0 aliphatic rings. The first-order valence-electron chi connectivity index (χ1n) is 8.40. The summed E-state index contributed by atoms with van der Waals surface area (Å²) in [5.74, 6) is 0.134. The Morgan fingerprint density at radius 3 is 2.33 bits per heavy atom. The van der Waals surface area contributed by atoms with Gasteiger partial charge >= 0.3 is 6.18 Å². The number of amides is 1. The predicted octanol–water partition coefficient (Wildman–Crippen LogP) is 3.53. The SMILES string of the molecule is CC(C)Oc1ccc(C(C)NC(=O)Cn2cccc(C(F)(F)F)c2=O)cc1. The molecule has 146 valence electrons. The molecule has 27 heavy (non-hydrogen) atoms. The highest BCUT2D eigenvalue weighted by molar-refractivity contribution is 5.76. The zero-order valence-corrected chi connectivity index (χ0v) is 15.2. The second-order valence-electron chi connectivity index (χ2n) is 6.38. The molecule has 2 rings (SSSR count). The van der Waals surface area contributed by atoms with E-state index in [-0.39, 0.29) is 12.1 Å². The zero-order valence-electron chi connectivity index (χ0n) is 15.2. The van der Waals surface area contributed by atoms with Crippen molar-refractivity contribution >= 4 is 5.91 Å². The maximum absolute atomic E-state index is 12.8. The van der Waals surface area contributed by atoms with Crippen molar-refractivity contribution in [2.75, 3.05) is 0 Å². The molecule has 0 aliphatic heterocycles. The second-order valence-corrected chi connectivity index (χ2v) is 6.38. The minimum atomic E-state index is -4.76. The number of pyridine rings is 1. The number of carbonyl (C=O) groups excluding carboxylic acids is 1. The fourth-order valence-electron chi connectivity index (χ4n) is 2.51. The lowest BCUT2D eigenvalue weighted by Crippen LogP contribution is -2.35. The normalized spacial score (nSPS) is 12.7. The van der Waals surface area contributed by atoms with Crippen LogP contribution in [-0.2, 0) is 17.5 Å². The molecule has 0 radical (unpaired) electrons. The van der Waals surface area contributed by atoms with Gasteiger partial charge in [-0.15, -0.1) is 0 Å². The fraction of sp³-hybridized carbons (Fsp3) is 0.368. The number of benzene rings is 1. The minimum absolute atomic E-state index is 0.0405. The van der Waals surface area contributed by atoms with Crippen molar-refractivity contribution < 1.29 is 22.7 Å². The topological polar surface area (TPSA) is 60.3 Å². The number of nitrogens with one attached hydrogen (secondary N) is 1. The highest BCUT2D eigenvalue weighted by Crippen LogP contribution is 2.26. The maximum Gasteiger partial charge on any atom is 0.421 e. The van der Waals surface area contributed by atoms with Crippen LogP contribution in [-0.4, -0.2) is 16.6 Å². The Labute approximate surface area is 154 Å². The van der Waals surface area contributed by atoms with E-state index in [2.05, 4.69) is 5.32 Å². The van der Waals surface area contributed by atoms with Crippen LogP contribution in [0.3, 0.4) is 0 Å². The lowest BCUT2D eigenvalue weighted by Gasteiger charge is -2.16. The van der Waals surface area contributed by atoms with Crippen molar-refractivity contribution in [3.05, 3.63) is 64.1 Å². The highest BCUT2D eigenvalue weighted by atomic mass is 19.4. The Balaban J connectivity index is 2.04. The van der Waals surface area contributed by atoms with E-state index in [0.717, 1.165) is 22.4 Å². The average Bonchev–Trinajstić information content (AvgIpc) is 2.55. The molecule has 1 atom stereocenters. The van der Waals surface area contributed by atoms with Gasteiger partial charge in [0, 0.05) is 6.20 Å². The van der Waals surface area contributed by atoms with Crippen molar-refractivity contribution in [2.24, 2.45) is 0 Å². The molecule has 0 saturated carbocycles. The number of hydrogen-bond donors (Lipinski definition) is 1. The van der Waals surface area contributed by atoms with Gasteiger partial charge in [-0.3, -0.25) is 9.59 Å². The number of halogens is 3. The van der Waals surface area contributed by atoms with E-state index in [4.69, 9.17) is 4.74 Å². The number of hydrogen-bond acceptors (Lipinski definition) is 3. The third-order valence-corrected chi connectivity index (χ3v) is 3.77. The molecule has 1 aromatic carbocycles. The fourth-order valence-corrected chi connectivity index (χ4v) is 2.51. The average molecular weight is 382 g/mol. The summed E-state index contributed by atoms with van der Waals surface area (Å²) in [6.07, 6.45) is -3.57. The van der Waals surface area contributed by atoms with Gasteiger partial charge in [0.05, 0.1) is 12.1 Å². The van der Waals surface area contributed by atoms with E-state index in [0.29, 0.717) is 11.8 Å². The Kier molecular flexibility index (Phi) is 6.30. The standard InChI is InChI=1S/C19H21F3N2O3/c1-12(2)27-15-8-6-14(7-9-15)13(3)23-17(25)11-24-10-4-5-16(18(24)26)19(20,21)22/h4-10,12-13H,11H2,1-3H3,(H,23,25). The number of carbonyl (C=O) groups is 1. The minimum Gasteiger partial charge on any atom is -0.491 e. The Morgan fingerprint density at radius 2 is 1.78 bits per heavy atom. The van der Waals surface area contributed by atoms with Gasteiger partial charge in [0.2, 0.25) is 5.91 Å². The van der Waals surface area contributed by atoms with Crippen LogP contribution in [0.1, 0.15) is 37.9 Å². The molecule has 1 amide bonds. The molecule has 8 heteroatoms. The predicted molar refractivity (Wildman–Crippen MR) is 94.5 cm³/mol. The first kappa shape index (κ1) is 20.5. The van der Waals surface area contributed by atoms with Crippen molar-refractivity contribution in [3.8, 4) is 5.75 Å². The number of alkyl halides is 3. The first-order valence-corrected chi connectivity index (χ1v) is 8.40. The van der Waals surface area contributed by atoms with Gasteiger partial charge < -0.3 is 14.6 Å². The molecular weight excluding hydrogens is 361 g/mol. The summed E-state index contributed by atoms with van der Waals surface area (Å²) in [7, 11) is 0. The molecule has 2 aromatic rings. The highest BCUT2D eigenvalue weighted by Gasteiger charge is 2.34. The Bertz CT molecular complexity index is 843. The van der Waals surface area contributed by atoms with Gasteiger partial charge in [0.15, 0.2) is 0 Å². The van der Waals surface area contributed by atoms with E-state index in [1.807, 2.05) is 13.8 Å². The summed E-state index contributed by atoms with van der Waals surface area (Å²) in [4.78, 5) is 24.0. The third-order valence-electron chi connectivity index (χ3n) is 3.77. The monoisotopic (exact) mass is 382 g/mol. The molecule has 5 nitrogen and oxygen atoms in total. The smallest absolute Gasteiger partial charge is 0.421 e. The van der Waals surface area contributed by atoms with Crippen LogP contribution < -0.4 is 15.6 Å². The first-order chi connectivity index (χ1) is 12.6. The molecular formula is C19H21F3N2O3. The van der Waals surface area contributed by atoms with Crippen LogP contribution in [0.15, 0.2) is 47.4 Å². The van der Waals surface area contributed by atoms with Gasteiger partial charge in [-0.25, -0.2) is 0 Å². The summed E-state index contributed by atoms with van der Waals surface area (Å²) in [6.45, 7) is 5.06. The molecule has 0 fully saturated rings. The van der Waals surface area contributed by atoms with Crippen LogP contribution >= 0.6 is 0 Å². The summed E-state index contributed by atoms with van der Waals surface area (Å²) in [5.41, 5.74) is -1.74. The molecule has 1 unspecified atom stereocenters. The molecule has 1 heterocycles. The molecule has 1 aromatic heterocycles. The number of ether oxygens (including phenoxy) is 1. The number of aromatic nitrogens is 1. The van der Waals surface area contributed by atoms with E-state index in [1.54, 1.807) is 31.2 Å². The maximum atomic E-state index is 12.8. The number of nitrogens with zero attached hydrogens (tertiary/aromatic N) is 1. The van der Waals surface area contributed by atoms with Gasteiger partial charge in [0.1, 0.15) is 17.9 Å². The van der Waals surface area contributed by atoms with E-state index in [1.165, 1.54) is 0 Å². The molecule has 0 saturated heterocycles. The lowest BCUT2D eigenvalue weighted by atomic mass is 10.1. The van der Waals surface area contributed by atoms with E-state index < -0.39 is 29.8 Å². The number of rotatable bonds is 6. The summed E-state index contributed by atoms with van der Waals surface area (Å²) in [6, 6.07) is 8.53. The quantitative estimate of drug-likeness (QED) is 0.832. The van der Waals surface area contributed by atoms with Gasteiger partial charge in [-0.1, -0.05) is 12.1 Å².